The molecular formula is C28H59NO5P+. The minimum Gasteiger partial charge on any atom is -0.378 e. The molecule has 0 aliphatic heterocycles. The van der Waals surface area contributed by atoms with Gasteiger partial charge in [0.2, 0.25) is 0 Å². The van der Waals surface area contributed by atoms with Crippen LogP contribution in [0.5, 0.6) is 0 Å². The number of hydrogen-bond acceptors (Lipinski definition) is 4. The van der Waals surface area contributed by atoms with Gasteiger partial charge in [-0.2, -0.15) is 0 Å². The monoisotopic (exact) mass is 520 g/mol. The fourth-order valence-corrected chi connectivity index (χ4v) is 4.69. The second kappa shape index (κ2) is 22.9. The quantitative estimate of drug-likeness (QED) is 0.0719. The molecule has 210 valence electrons. The predicted molar refractivity (Wildman–Crippen MR) is 149 cm³/mol. The number of rotatable bonds is 26. The van der Waals surface area contributed by atoms with Crippen molar-refractivity contribution in [2.75, 3.05) is 54.6 Å². The summed E-state index contributed by atoms with van der Waals surface area (Å²) < 4.78 is 29.0. The molecule has 35 heavy (non-hydrogen) atoms. The van der Waals surface area contributed by atoms with E-state index < -0.39 is 7.60 Å². The van der Waals surface area contributed by atoms with Crippen molar-refractivity contribution in [2.24, 2.45) is 0 Å². The normalized spacial score (nSPS) is 15.0. The zero-order valence-corrected chi connectivity index (χ0v) is 24.7. The summed E-state index contributed by atoms with van der Waals surface area (Å²) in [6.07, 6.45) is 22.9. The number of methoxy groups -OCH3 is 1. The van der Waals surface area contributed by atoms with Crippen LogP contribution in [0.2, 0.25) is 0 Å². The number of hydrogen-bond donors (Lipinski definition) is 1. The lowest BCUT2D eigenvalue weighted by molar-refractivity contribution is -0.870. The van der Waals surface area contributed by atoms with Gasteiger partial charge in [0.1, 0.15) is 13.2 Å². The van der Waals surface area contributed by atoms with Crippen LogP contribution in [-0.2, 0) is 18.6 Å². The molecule has 0 aliphatic rings. The van der Waals surface area contributed by atoms with Gasteiger partial charge in [0.15, 0.2) is 0 Å². The first-order valence-electron chi connectivity index (χ1n) is 14.3. The zero-order valence-electron chi connectivity index (χ0n) is 23.8. The van der Waals surface area contributed by atoms with Crippen molar-refractivity contribution >= 4 is 7.60 Å². The third-order valence-corrected chi connectivity index (χ3v) is 7.36. The molecule has 0 saturated carbocycles. The molecule has 0 spiro atoms. The van der Waals surface area contributed by atoms with E-state index in [0.717, 1.165) is 6.42 Å². The molecule has 0 saturated heterocycles. The smallest absolute Gasteiger partial charge is 0.351 e. The molecule has 0 aromatic heterocycles. The first kappa shape index (κ1) is 34.8. The van der Waals surface area contributed by atoms with E-state index in [2.05, 4.69) is 6.92 Å². The molecular weight excluding hydrogens is 461 g/mol. The van der Waals surface area contributed by atoms with E-state index in [9.17, 15) is 9.46 Å². The molecule has 0 radical (unpaired) electrons. The Bertz CT molecular complexity index is 536. The molecule has 0 aliphatic carbocycles. The lowest BCUT2D eigenvalue weighted by atomic mass is 10.0. The SMILES string of the molecule is CCCCCCCCCCCCCCCCCCOC[C@H](C=CP(=O)(O)OCC[N+](C)(C)C)OC. The van der Waals surface area contributed by atoms with Crippen molar-refractivity contribution in [1.82, 2.24) is 0 Å². The summed E-state index contributed by atoms with van der Waals surface area (Å²) in [7, 11) is 3.87. The summed E-state index contributed by atoms with van der Waals surface area (Å²) in [6.45, 7) is 4.25. The molecule has 0 amide bonds. The summed E-state index contributed by atoms with van der Waals surface area (Å²) in [5.41, 5.74) is 0. The van der Waals surface area contributed by atoms with Crippen molar-refractivity contribution in [3.63, 3.8) is 0 Å². The van der Waals surface area contributed by atoms with E-state index in [4.69, 9.17) is 14.0 Å². The Balaban J connectivity index is 3.57. The Morgan fingerprint density at radius 1 is 0.771 bits per heavy atom. The fourth-order valence-electron chi connectivity index (χ4n) is 3.85. The van der Waals surface area contributed by atoms with Crippen LogP contribution in [0.25, 0.3) is 0 Å². The van der Waals surface area contributed by atoms with Crippen LogP contribution in [0.15, 0.2) is 11.9 Å². The van der Waals surface area contributed by atoms with Gasteiger partial charge in [0.05, 0.1) is 33.9 Å². The molecule has 6 nitrogen and oxygen atoms in total. The molecule has 1 unspecified atom stereocenters. The van der Waals surface area contributed by atoms with Crippen molar-refractivity contribution < 1.29 is 27.9 Å². The molecule has 0 aromatic carbocycles. The van der Waals surface area contributed by atoms with E-state index in [-0.39, 0.29) is 12.7 Å². The van der Waals surface area contributed by atoms with E-state index in [0.29, 0.717) is 24.2 Å². The van der Waals surface area contributed by atoms with Crippen LogP contribution >= 0.6 is 7.60 Å². The van der Waals surface area contributed by atoms with Crippen molar-refractivity contribution in [2.45, 2.75) is 116 Å². The van der Waals surface area contributed by atoms with Gasteiger partial charge in [0.25, 0.3) is 0 Å². The van der Waals surface area contributed by atoms with Gasteiger partial charge in [-0.15, -0.1) is 0 Å². The molecule has 0 bridgehead atoms. The predicted octanol–water partition coefficient (Wildman–Crippen LogP) is 7.70. The number of quaternary nitrogens is 1. The summed E-state index contributed by atoms with van der Waals surface area (Å²) in [6, 6.07) is 0. The van der Waals surface area contributed by atoms with Crippen molar-refractivity contribution in [1.29, 1.82) is 0 Å². The molecule has 7 heteroatoms. The molecule has 0 rings (SSSR count). The van der Waals surface area contributed by atoms with Crippen molar-refractivity contribution in [3.8, 4) is 0 Å². The topological polar surface area (TPSA) is 65.0 Å². The highest BCUT2D eigenvalue weighted by Gasteiger charge is 2.18. The summed E-state index contributed by atoms with van der Waals surface area (Å²) in [5.74, 6) is 1.22. The second-order valence-corrected chi connectivity index (χ2v) is 12.6. The molecule has 0 aromatic rings. The maximum atomic E-state index is 12.1. The fraction of sp³-hybridized carbons (Fsp3) is 0.929. The van der Waals surface area contributed by atoms with E-state index in [1.165, 1.54) is 102 Å². The number of nitrogens with zero attached hydrogens (tertiary/aromatic N) is 1. The van der Waals surface area contributed by atoms with Crippen molar-refractivity contribution in [3.05, 3.63) is 11.9 Å². The van der Waals surface area contributed by atoms with Gasteiger partial charge in [-0.05, 0) is 12.5 Å². The highest BCUT2D eigenvalue weighted by Crippen LogP contribution is 2.43. The molecule has 2 atom stereocenters. The number of likely N-dealkylation sites (N-methyl/N-ethyl adjacent to an activating group) is 1. The van der Waals surface area contributed by atoms with Gasteiger partial charge in [-0.25, -0.2) is 0 Å². The van der Waals surface area contributed by atoms with E-state index in [1.807, 2.05) is 21.1 Å². The van der Waals surface area contributed by atoms with Gasteiger partial charge in [-0.1, -0.05) is 103 Å². The van der Waals surface area contributed by atoms with E-state index in [1.54, 1.807) is 13.2 Å². The first-order chi connectivity index (χ1) is 16.7. The largest absolute Gasteiger partial charge is 0.378 e. The van der Waals surface area contributed by atoms with Crippen LogP contribution in [0.3, 0.4) is 0 Å². The van der Waals surface area contributed by atoms with E-state index >= 15 is 0 Å². The summed E-state index contributed by atoms with van der Waals surface area (Å²) in [5, 5.41) is 0. The highest BCUT2D eigenvalue weighted by atomic mass is 31.2. The summed E-state index contributed by atoms with van der Waals surface area (Å²) >= 11 is 0. The van der Waals surface area contributed by atoms with Gasteiger partial charge < -0.3 is 18.9 Å². The summed E-state index contributed by atoms with van der Waals surface area (Å²) in [4.78, 5) is 9.93. The molecule has 1 N–H and O–H groups in total. The third kappa shape index (κ3) is 26.6. The maximum absolute atomic E-state index is 12.1. The first-order valence-corrected chi connectivity index (χ1v) is 15.9. The maximum Gasteiger partial charge on any atom is 0.351 e. The minimum absolute atomic E-state index is 0.231. The van der Waals surface area contributed by atoms with Gasteiger partial charge in [0, 0.05) is 19.5 Å². The van der Waals surface area contributed by atoms with Gasteiger partial charge >= 0.3 is 7.60 Å². The van der Waals surface area contributed by atoms with Gasteiger partial charge in [-0.3, -0.25) is 9.09 Å². The minimum atomic E-state index is -3.75. The molecule has 0 heterocycles. The average Bonchev–Trinajstić information content (AvgIpc) is 2.79. The zero-order chi connectivity index (χ0) is 26.3. The number of unbranched alkanes of at least 4 members (excludes halogenated alkanes) is 15. The van der Waals surface area contributed by atoms with Crippen LogP contribution in [0, 0.1) is 0 Å². The lowest BCUT2D eigenvalue weighted by Crippen LogP contribution is -2.37. The van der Waals surface area contributed by atoms with Crippen LogP contribution in [0.4, 0.5) is 0 Å². The van der Waals surface area contributed by atoms with Crippen LogP contribution < -0.4 is 0 Å². The average molecular weight is 521 g/mol. The third-order valence-electron chi connectivity index (χ3n) is 6.25. The number of ether oxygens (including phenoxy) is 2. The van der Waals surface area contributed by atoms with Crippen LogP contribution in [0.1, 0.15) is 110 Å². The Morgan fingerprint density at radius 2 is 1.23 bits per heavy atom. The standard InChI is InChI=1S/C28H58NO5P/c1-6-7-8-9-10-11-12-13-14-15-16-17-18-19-20-21-24-33-27-28(32-5)22-26-35(30,31)34-25-23-29(2,3)4/h22,26,28H,6-21,23-25,27H2,1-5H3/p+1/t28-/m0/s1. The Hall–Kier alpha value is -0.230. The van der Waals surface area contributed by atoms with Crippen LogP contribution in [-0.4, -0.2) is 70.1 Å². The Labute approximate surface area is 217 Å². The Kier molecular flexibility index (Phi) is 22.8. The second-order valence-electron chi connectivity index (χ2n) is 10.9. The Morgan fingerprint density at radius 3 is 1.66 bits per heavy atom. The lowest BCUT2D eigenvalue weighted by Gasteiger charge is -2.23. The molecule has 0 fully saturated rings. The highest BCUT2D eigenvalue weighted by molar-refractivity contribution is 7.56.